The van der Waals surface area contributed by atoms with Gasteiger partial charge in [-0.05, 0) is 44.9 Å². The van der Waals surface area contributed by atoms with E-state index in [0.717, 1.165) is 13.0 Å². The van der Waals surface area contributed by atoms with Gasteiger partial charge in [-0.1, -0.05) is 13.3 Å². The van der Waals surface area contributed by atoms with Crippen molar-refractivity contribution in [3.05, 3.63) is 0 Å². The van der Waals surface area contributed by atoms with Gasteiger partial charge in [-0.3, -0.25) is 0 Å². The molecule has 0 aromatic heterocycles. The molecule has 15 heavy (non-hydrogen) atoms. The maximum Gasteiger partial charge on any atom is 0.0641 e. The molecule has 0 aromatic rings. The summed E-state index contributed by atoms with van der Waals surface area (Å²) in [6, 6.07) is 0.672. The molecule has 1 atom stereocenters. The molecule has 0 amide bonds. The summed E-state index contributed by atoms with van der Waals surface area (Å²) in [7, 11) is 0. The zero-order valence-corrected chi connectivity index (χ0v) is 10.4. The Hall–Kier alpha value is -0.0800. The quantitative estimate of drug-likeness (QED) is 0.775. The molecule has 2 nitrogen and oxygen atoms in total. The van der Waals surface area contributed by atoms with Crippen LogP contribution in [-0.4, -0.2) is 24.8 Å². The highest BCUT2D eigenvalue weighted by atomic mass is 16.5. The molecule has 1 N–H and O–H groups in total. The van der Waals surface area contributed by atoms with Gasteiger partial charge >= 0.3 is 0 Å². The molecule has 1 saturated carbocycles. The first-order valence-electron chi connectivity index (χ1n) is 6.37. The summed E-state index contributed by atoms with van der Waals surface area (Å²) in [4.78, 5) is 0. The number of hydrogen-bond donors (Lipinski definition) is 1. The van der Waals surface area contributed by atoms with Gasteiger partial charge in [-0.2, -0.15) is 0 Å². The largest absolute Gasteiger partial charge is 0.375 e. The minimum absolute atomic E-state index is 0.0798. The Balaban J connectivity index is 1.74. The van der Waals surface area contributed by atoms with Crippen LogP contribution in [-0.2, 0) is 4.74 Å². The van der Waals surface area contributed by atoms with E-state index in [-0.39, 0.29) is 5.60 Å². The van der Waals surface area contributed by atoms with Crippen LogP contribution in [0, 0.1) is 5.41 Å². The van der Waals surface area contributed by atoms with Gasteiger partial charge in [0.25, 0.3) is 0 Å². The second-order valence-electron chi connectivity index (χ2n) is 6.34. The summed E-state index contributed by atoms with van der Waals surface area (Å²) >= 11 is 0. The van der Waals surface area contributed by atoms with E-state index in [1.807, 2.05) is 0 Å². The second kappa shape index (κ2) is 4.06. The van der Waals surface area contributed by atoms with Gasteiger partial charge in [0.15, 0.2) is 0 Å². The predicted molar refractivity (Wildman–Crippen MR) is 63.0 cm³/mol. The number of nitrogens with one attached hydrogen (secondary N) is 1. The first kappa shape index (κ1) is 11.4. The van der Waals surface area contributed by atoms with Crippen LogP contribution in [0.1, 0.15) is 52.9 Å². The van der Waals surface area contributed by atoms with Gasteiger partial charge in [0.2, 0.25) is 0 Å². The Kier molecular flexibility index (Phi) is 3.09. The first-order valence-corrected chi connectivity index (χ1v) is 6.37. The Morgan fingerprint density at radius 1 is 1.27 bits per heavy atom. The van der Waals surface area contributed by atoms with Crippen molar-refractivity contribution in [2.75, 3.05) is 13.2 Å². The van der Waals surface area contributed by atoms with Crippen LogP contribution in [0.15, 0.2) is 0 Å². The van der Waals surface area contributed by atoms with Gasteiger partial charge in [0.05, 0.1) is 5.60 Å². The lowest BCUT2D eigenvalue weighted by Gasteiger charge is -2.42. The maximum atomic E-state index is 5.73. The topological polar surface area (TPSA) is 21.3 Å². The lowest BCUT2D eigenvalue weighted by Crippen LogP contribution is -2.48. The maximum absolute atomic E-state index is 5.73. The molecule has 2 rings (SSSR count). The standard InChI is InChI=1S/C13H25NO/c1-12(2)9-11(5-8-15-12)14-10-13(3)6-4-7-13/h11,14H,4-10H2,1-3H3. The third-order valence-corrected chi connectivity index (χ3v) is 4.08. The number of ether oxygens (including phenoxy) is 1. The normalized spacial score (nSPS) is 33.4. The van der Waals surface area contributed by atoms with E-state index in [1.54, 1.807) is 0 Å². The number of hydrogen-bond acceptors (Lipinski definition) is 2. The van der Waals surface area contributed by atoms with Crippen molar-refractivity contribution in [1.29, 1.82) is 0 Å². The minimum Gasteiger partial charge on any atom is -0.375 e. The van der Waals surface area contributed by atoms with E-state index < -0.39 is 0 Å². The summed E-state index contributed by atoms with van der Waals surface area (Å²) in [6.45, 7) is 8.93. The van der Waals surface area contributed by atoms with Crippen molar-refractivity contribution in [2.24, 2.45) is 5.41 Å². The zero-order valence-electron chi connectivity index (χ0n) is 10.4. The summed E-state index contributed by atoms with van der Waals surface area (Å²) in [5.41, 5.74) is 0.679. The molecule has 2 fully saturated rings. The predicted octanol–water partition coefficient (Wildman–Crippen LogP) is 2.72. The van der Waals surface area contributed by atoms with Crippen LogP contribution in [0.25, 0.3) is 0 Å². The molecule has 0 aromatic carbocycles. The van der Waals surface area contributed by atoms with Crippen LogP contribution in [0.4, 0.5) is 0 Å². The van der Waals surface area contributed by atoms with Crippen LogP contribution < -0.4 is 5.32 Å². The molecule has 2 aliphatic rings. The Bertz CT molecular complexity index is 221. The van der Waals surface area contributed by atoms with Crippen LogP contribution in [0.5, 0.6) is 0 Å². The molecule has 1 heterocycles. The Labute approximate surface area is 93.8 Å². The molecule has 0 spiro atoms. The molecule has 0 bridgehead atoms. The average molecular weight is 211 g/mol. The van der Waals surface area contributed by atoms with Crippen molar-refractivity contribution in [2.45, 2.75) is 64.5 Å². The average Bonchev–Trinajstić information content (AvgIpc) is 2.10. The van der Waals surface area contributed by atoms with Crippen LogP contribution >= 0.6 is 0 Å². The van der Waals surface area contributed by atoms with Gasteiger partial charge in [0, 0.05) is 19.2 Å². The molecule has 1 unspecified atom stereocenters. The highest BCUT2D eigenvalue weighted by molar-refractivity contribution is 4.89. The molecule has 1 saturated heterocycles. The lowest BCUT2D eigenvalue weighted by molar-refractivity contribution is -0.0646. The molecular formula is C13H25NO. The van der Waals surface area contributed by atoms with E-state index in [1.165, 1.54) is 32.2 Å². The fraction of sp³-hybridized carbons (Fsp3) is 1.00. The molecule has 0 radical (unpaired) electrons. The summed E-state index contributed by atoms with van der Waals surface area (Å²) in [5.74, 6) is 0. The van der Waals surface area contributed by atoms with Crippen LogP contribution in [0.2, 0.25) is 0 Å². The highest BCUT2D eigenvalue weighted by Gasteiger charge is 2.34. The molecule has 2 heteroatoms. The minimum atomic E-state index is 0.0798. The summed E-state index contributed by atoms with van der Waals surface area (Å²) in [5, 5.41) is 3.74. The summed E-state index contributed by atoms with van der Waals surface area (Å²) in [6.07, 6.45) is 6.58. The van der Waals surface area contributed by atoms with Crippen molar-refractivity contribution in [3.8, 4) is 0 Å². The van der Waals surface area contributed by atoms with Crippen molar-refractivity contribution >= 4 is 0 Å². The monoisotopic (exact) mass is 211 g/mol. The van der Waals surface area contributed by atoms with E-state index in [4.69, 9.17) is 4.74 Å². The van der Waals surface area contributed by atoms with Crippen molar-refractivity contribution in [1.82, 2.24) is 5.32 Å². The van der Waals surface area contributed by atoms with Gasteiger partial charge < -0.3 is 10.1 Å². The van der Waals surface area contributed by atoms with Crippen LogP contribution in [0.3, 0.4) is 0 Å². The molecule has 1 aliphatic heterocycles. The number of rotatable bonds is 3. The van der Waals surface area contributed by atoms with Gasteiger partial charge in [0.1, 0.15) is 0 Å². The molecular weight excluding hydrogens is 186 g/mol. The van der Waals surface area contributed by atoms with Crippen molar-refractivity contribution in [3.63, 3.8) is 0 Å². The fourth-order valence-corrected chi connectivity index (χ4v) is 2.75. The van der Waals surface area contributed by atoms with Gasteiger partial charge in [-0.15, -0.1) is 0 Å². The van der Waals surface area contributed by atoms with Gasteiger partial charge in [-0.25, -0.2) is 0 Å². The smallest absolute Gasteiger partial charge is 0.0641 e. The zero-order chi connectivity index (χ0) is 10.9. The first-order chi connectivity index (χ1) is 6.99. The van der Waals surface area contributed by atoms with E-state index >= 15 is 0 Å². The summed E-state index contributed by atoms with van der Waals surface area (Å²) < 4.78 is 5.73. The highest BCUT2D eigenvalue weighted by Crippen LogP contribution is 2.39. The van der Waals surface area contributed by atoms with E-state index in [9.17, 15) is 0 Å². The fourth-order valence-electron chi connectivity index (χ4n) is 2.75. The molecule has 1 aliphatic carbocycles. The second-order valence-corrected chi connectivity index (χ2v) is 6.34. The third-order valence-electron chi connectivity index (χ3n) is 4.08. The van der Waals surface area contributed by atoms with Crippen molar-refractivity contribution < 1.29 is 4.74 Å². The Morgan fingerprint density at radius 3 is 2.53 bits per heavy atom. The Morgan fingerprint density at radius 2 is 2.00 bits per heavy atom. The SMILES string of the molecule is CC1(CNC2CCOC(C)(C)C2)CCC1. The van der Waals surface area contributed by atoms with E-state index in [2.05, 4.69) is 26.1 Å². The van der Waals surface area contributed by atoms with E-state index in [0.29, 0.717) is 11.5 Å². The lowest BCUT2D eigenvalue weighted by atomic mass is 9.70. The molecule has 88 valence electrons. The third kappa shape index (κ3) is 2.94.